The first kappa shape index (κ1) is 19.0. The van der Waals surface area contributed by atoms with Gasteiger partial charge in [0.1, 0.15) is 18.1 Å². The van der Waals surface area contributed by atoms with Crippen LogP contribution in [0.2, 0.25) is 0 Å². The van der Waals surface area contributed by atoms with Crippen molar-refractivity contribution in [3.8, 4) is 11.5 Å². The Morgan fingerprint density at radius 1 is 1.04 bits per heavy atom. The Balaban J connectivity index is 1.37. The molecule has 0 bridgehead atoms. The highest BCUT2D eigenvalue weighted by Gasteiger charge is 2.21. The van der Waals surface area contributed by atoms with Crippen LogP contribution < -0.4 is 14.8 Å². The zero-order valence-electron chi connectivity index (χ0n) is 16.0. The number of methoxy groups -OCH3 is 1. The maximum atomic E-state index is 12.4. The summed E-state index contributed by atoms with van der Waals surface area (Å²) in [5.74, 6) is 1.66. The molecule has 6 nitrogen and oxygen atoms in total. The fraction of sp³-hybridized carbons (Fsp3) is 0.381. The Bertz CT molecular complexity index is 741. The molecule has 0 radical (unpaired) electrons. The van der Waals surface area contributed by atoms with Crippen LogP contribution in [0.5, 0.6) is 11.5 Å². The van der Waals surface area contributed by atoms with Crippen LogP contribution in [0.25, 0.3) is 0 Å². The van der Waals surface area contributed by atoms with Gasteiger partial charge in [0.25, 0.3) is 0 Å². The summed E-state index contributed by atoms with van der Waals surface area (Å²) >= 11 is 0. The molecule has 0 saturated carbocycles. The van der Waals surface area contributed by atoms with Crippen LogP contribution in [0.1, 0.15) is 5.56 Å². The first-order valence-corrected chi connectivity index (χ1v) is 9.26. The fourth-order valence-corrected chi connectivity index (χ4v) is 3.06. The summed E-state index contributed by atoms with van der Waals surface area (Å²) < 4.78 is 10.9. The number of anilines is 1. The van der Waals surface area contributed by atoms with Crippen molar-refractivity contribution in [1.29, 1.82) is 0 Å². The molecular formula is C21H27N3O3. The lowest BCUT2D eigenvalue weighted by Crippen LogP contribution is -2.50. The number of carbonyl (C=O) groups excluding carboxylic acids is 1. The summed E-state index contributed by atoms with van der Waals surface area (Å²) in [6.45, 7) is 6.64. The molecule has 27 heavy (non-hydrogen) atoms. The number of ether oxygens (including phenoxy) is 2. The number of nitrogens with zero attached hydrogens (tertiary/aromatic N) is 2. The molecule has 1 fully saturated rings. The number of hydrogen-bond acceptors (Lipinski definition) is 4. The largest absolute Gasteiger partial charge is 0.497 e. The van der Waals surface area contributed by atoms with Crippen molar-refractivity contribution < 1.29 is 14.3 Å². The minimum absolute atomic E-state index is 0.0327. The van der Waals surface area contributed by atoms with Crippen LogP contribution in [-0.2, 0) is 0 Å². The van der Waals surface area contributed by atoms with E-state index in [0.717, 1.165) is 55.5 Å². The van der Waals surface area contributed by atoms with Crippen molar-refractivity contribution in [2.45, 2.75) is 6.92 Å². The van der Waals surface area contributed by atoms with Crippen LogP contribution in [0.15, 0.2) is 48.5 Å². The second-order valence-corrected chi connectivity index (χ2v) is 6.65. The van der Waals surface area contributed by atoms with Gasteiger partial charge < -0.3 is 19.7 Å². The van der Waals surface area contributed by atoms with Crippen molar-refractivity contribution >= 4 is 11.7 Å². The molecule has 3 rings (SSSR count). The van der Waals surface area contributed by atoms with Crippen LogP contribution >= 0.6 is 0 Å². The maximum absolute atomic E-state index is 12.4. The van der Waals surface area contributed by atoms with Crippen LogP contribution in [-0.4, -0.2) is 62.3 Å². The van der Waals surface area contributed by atoms with E-state index in [1.807, 2.05) is 60.4 Å². The molecule has 1 N–H and O–H groups in total. The van der Waals surface area contributed by atoms with Gasteiger partial charge >= 0.3 is 6.03 Å². The Kier molecular flexibility index (Phi) is 6.54. The number of rotatable bonds is 6. The molecule has 144 valence electrons. The second-order valence-electron chi connectivity index (χ2n) is 6.65. The van der Waals surface area contributed by atoms with Gasteiger partial charge in [0, 0.05) is 38.4 Å². The van der Waals surface area contributed by atoms with Crippen LogP contribution in [0.3, 0.4) is 0 Å². The van der Waals surface area contributed by atoms with Gasteiger partial charge in [0.05, 0.1) is 7.11 Å². The molecule has 0 spiro atoms. The Morgan fingerprint density at radius 3 is 2.41 bits per heavy atom. The molecule has 0 aliphatic carbocycles. The van der Waals surface area contributed by atoms with E-state index < -0.39 is 0 Å². The summed E-state index contributed by atoms with van der Waals surface area (Å²) in [6, 6.07) is 15.4. The fourth-order valence-electron chi connectivity index (χ4n) is 3.06. The van der Waals surface area contributed by atoms with Gasteiger partial charge in [-0.2, -0.15) is 0 Å². The summed E-state index contributed by atoms with van der Waals surface area (Å²) in [5, 5.41) is 2.97. The lowest BCUT2D eigenvalue weighted by Gasteiger charge is -2.34. The third-order valence-electron chi connectivity index (χ3n) is 4.66. The number of aryl methyl sites for hydroxylation is 1. The van der Waals surface area contributed by atoms with Crippen LogP contribution in [0, 0.1) is 6.92 Å². The van der Waals surface area contributed by atoms with Crippen LogP contribution in [0.4, 0.5) is 10.5 Å². The van der Waals surface area contributed by atoms with Crippen molar-refractivity contribution in [3.63, 3.8) is 0 Å². The minimum atomic E-state index is -0.0327. The zero-order valence-corrected chi connectivity index (χ0v) is 16.0. The Hall–Kier alpha value is -2.73. The average Bonchev–Trinajstić information content (AvgIpc) is 2.69. The predicted octanol–water partition coefficient (Wildman–Crippen LogP) is 3.23. The van der Waals surface area contributed by atoms with E-state index in [4.69, 9.17) is 9.47 Å². The number of amides is 2. The van der Waals surface area contributed by atoms with Gasteiger partial charge in [0.15, 0.2) is 0 Å². The smallest absolute Gasteiger partial charge is 0.321 e. The summed E-state index contributed by atoms with van der Waals surface area (Å²) in [4.78, 5) is 16.6. The molecule has 1 saturated heterocycles. The highest BCUT2D eigenvalue weighted by atomic mass is 16.5. The molecule has 0 atom stereocenters. The quantitative estimate of drug-likeness (QED) is 0.849. The standard InChI is InChI=1S/C21H27N3O3/c1-17-4-3-5-18(16-17)22-21(25)24-12-10-23(11-13-24)14-15-27-20-8-6-19(26-2)7-9-20/h3-9,16H,10-15H2,1-2H3,(H,22,25). The maximum Gasteiger partial charge on any atom is 0.321 e. The average molecular weight is 369 g/mol. The van der Waals surface area contributed by atoms with E-state index >= 15 is 0 Å². The van der Waals surface area contributed by atoms with Gasteiger partial charge in [-0.3, -0.25) is 4.90 Å². The van der Waals surface area contributed by atoms with Gasteiger partial charge in [-0.1, -0.05) is 12.1 Å². The molecule has 0 aromatic heterocycles. The van der Waals surface area contributed by atoms with Crippen molar-refractivity contribution in [1.82, 2.24) is 9.80 Å². The lowest BCUT2D eigenvalue weighted by molar-refractivity contribution is 0.132. The second kappa shape index (κ2) is 9.28. The van der Waals surface area contributed by atoms with Crippen molar-refractivity contribution in [2.75, 3.05) is 51.8 Å². The summed E-state index contributed by atoms with van der Waals surface area (Å²) in [5.41, 5.74) is 1.98. The normalized spacial score (nSPS) is 14.7. The molecule has 1 aliphatic rings. The van der Waals surface area contributed by atoms with E-state index in [1.54, 1.807) is 7.11 Å². The van der Waals surface area contributed by atoms with E-state index in [0.29, 0.717) is 6.61 Å². The van der Waals surface area contributed by atoms with Crippen molar-refractivity contribution in [3.05, 3.63) is 54.1 Å². The van der Waals surface area contributed by atoms with Gasteiger partial charge in [-0.25, -0.2) is 4.79 Å². The predicted molar refractivity (Wildman–Crippen MR) is 107 cm³/mol. The summed E-state index contributed by atoms with van der Waals surface area (Å²) in [7, 11) is 1.65. The topological polar surface area (TPSA) is 54.0 Å². The number of carbonyl (C=O) groups is 1. The number of piperazine rings is 1. The Morgan fingerprint density at radius 2 is 1.74 bits per heavy atom. The highest BCUT2D eigenvalue weighted by Crippen LogP contribution is 2.17. The van der Waals surface area contributed by atoms with E-state index in [9.17, 15) is 4.79 Å². The van der Waals surface area contributed by atoms with Gasteiger partial charge in [0.2, 0.25) is 0 Å². The molecule has 2 aromatic carbocycles. The third-order valence-corrected chi connectivity index (χ3v) is 4.66. The molecule has 2 amide bonds. The zero-order chi connectivity index (χ0) is 19.1. The first-order chi connectivity index (χ1) is 13.1. The van der Waals surface area contributed by atoms with Gasteiger partial charge in [-0.05, 0) is 48.9 Å². The number of benzene rings is 2. The van der Waals surface area contributed by atoms with Crippen molar-refractivity contribution in [2.24, 2.45) is 0 Å². The Labute approximate surface area is 160 Å². The molecular weight excluding hydrogens is 342 g/mol. The number of nitrogens with one attached hydrogen (secondary N) is 1. The number of urea groups is 1. The monoisotopic (exact) mass is 369 g/mol. The lowest BCUT2D eigenvalue weighted by atomic mass is 10.2. The highest BCUT2D eigenvalue weighted by molar-refractivity contribution is 5.89. The summed E-state index contributed by atoms with van der Waals surface area (Å²) in [6.07, 6.45) is 0. The third kappa shape index (κ3) is 5.62. The molecule has 1 aliphatic heterocycles. The van der Waals surface area contributed by atoms with E-state index in [1.165, 1.54) is 0 Å². The van der Waals surface area contributed by atoms with Gasteiger partial charge in [-0.15, -0.1) is 0 Å². The van der Waals surface area contributed by atoms with E-state index in [-0.39, 0.29) is 6.03 Å². The number of hydrogen-bond donors (Lipinski definition) is 1. The molecule has 2 aromatic rings. The molecule has 1 heterocycles. The molecule has 0 unspecified atom stereocenters. The first-order valence-electron chi connectivity index (χ1n) is 9.26. The SMILES string of the molecule is COc1ccc(OCCN2CCN(C(=O)Nc3cccc(C)c3)CC2)cc1. The molecule has 6 heteroatoms. The van der Waals surface area contributed by atoms with E-state index in [2.05, 4.69) is 10.2 Å². The minimum Gasteiger partial charge on any atom is -0.497 e.